The Morgan fingerprint density at radius 2 is 1.84 bits per heavy atom. The summed E-state index contributed by atoms with van der Waals surface area (Å²) in [6.45, 7) is 6.00. The maximum atomic E-state index is 13.4. The number of nitrogens with one attached hydrogen (secondary N) is 1. The van der Waals surface area contributed by atoms with Crippen LogP contribution in [-0.4, -0.2) is 10.7 Å². The largest absolute Gasteiger partial charge is 0.373 e. The first kappa shape index (κ1) is 19.5. The van der Waals surface area contributed by atoms with Gasteiger partial charge in [-0.25, -0.2) is 0 Å². The Bertz CT molecular complexity index is 1300. The lowest BCUT2D eigenvalue weighted by Crippen LogP contribution is -2.33. The molecule has 0 bridgehead atoms. The summed E-state index contributed by atoms with van der Waals surface area (Å²) in [4.78, 5) is 24.6. The van der Waals surface area contributed by atoms with Crippen LogP contribution in [0.25, 0.3) is 16.3 Å². The zero-order valence-electron chi connectivity index (χ0n) is 17.9. The van der Waals surface area contributed by atoms with Crippen LogP contribution in [0.3, 0.4) is 0 Å². The van der Waals surface area contributed by atoms with Crippen molar-refractivity contribution in [1.82, 2.24) is 0 Å². The number of hydrogen-bond donors (Lipinski definition) is 1. The highest BCUT2D eigenvalue weighted by Crippen LogP contribution is 2.52. The SMILES string of the molecule is Cc1ccc([C@H]2Nc3ccc4ccccc4c3C3=C2C(=O)CC(C)(C)C3)cc1[N+](=O)[O-]. The zero-order valence-corrected chi connectivity index (χ0v) is 17.9. The highest BCUT2D eigenvalue weighted by Gasteiger charge is 2.41. The second-order valence-corrected chi connectivity index (χ2v) is 9.42. The van der Waals surface area contributed by atoms with Crippen molar-refractivity contribution in [2.24, 2.45) is 5.41 Å². The lowest BCUT2D eigenvalue weighted by atomic mass is 9.68. The summed E-state index contributed by atoms with van der Waals surface area (Å²) in [6.07, 6.45) is 1.26. The lowest BCUT2D eigenvalue weighted by Gasteiger charge is -2.40. The average Bonchev–Trinajstić information content (AvgIpc) is 2.72. The molecule has 5 rings (SSSR count). The van der Waals surface area contributed by atoms with E-state index in [1.807, 2.05) is 18.2 Å². The second kappa shape index (κ2) is 6.77. The Morgan fingerprint density at radius 3 is 2.61 bits per heavy atom. The molecule has 5 heteroatoms. The van der Waals surface area contributed by atoms with Crippen LogP contribution in [-0.2, 0) is 4.79 Å². The Hall–Kier alpha value is -3.47. The molecule has 0 radical (unpaired) electrons. The maximum Gasteiger partial charge on any atom is 0.272 e. The molecule has 0 amide bonds. The highest BCUT2D eigenvalue weighted by molar-refractivity contribution is 6.12. The minimum absolute atomic E-state index is 0.0781. The van der Waals surface area contributed by atoms with Gasteiger partial charge in [0.05, 0.1) is 11.0 Å². The van der Waals surface area contributed by atoms with Crippen LogP contribution in [0.15, 0.2) is 60.2 Å². The first-order valence-corrected chi connectivity index (χ1v) is 10.5. The van der Waals surface area contributed by atoms with Crippen LogP contribution in [0.1, 0.15) is 49.4 Å². The van der Waals surface area contributed by atoms with E-state index < -0.39 is 6.04 Å². The minimum atomic E-state index is -0.397. The number of hydrogen-bond acceptors (Lipinski definition) is 4. The number of nitro groups is 1. The predicted octanol–water partition coefficient (Wildman–Crippen LogP) is 6.37. The number of nitrogens with zero attached hydrogens (tertiary/aromatic N) is 1. The maximum absolute atomic E-state index is 13.4. The van der Waals surface area contributed by atoms with E-state index in [0.717, 1.165) is 45.2 Å². The third kappa shape index (κ3) is 3.12. The number of carbonyl (C=O) groups is 1. The number of rotatable bonds is 2. The van der Waals surface area contributed by atoms with Gasteiger partial charge >= 0.3 is 0 Å². The molecule has 2 aliphatic rings. The van der Waals surface area contributed by atoms with E-state index in [0.29, 0.717) is 12.0 Å². The topological polar surface area (TPSA) is 72.2 Å². The number of anilines is 1. The molecule has 5 nitrogen and oxygen atoms in total. The van der Waals surface area contributed by atoms with Crippen molar-refractivity contribution in [2.75, 3.05) is 5.32 Å². The number of allylic oxidation sites excluding steroid dienone is 1. The number of nitro benzene ring substituents is 1. The third-order valence-electron chi connectivity index (χ3n) is 6.50. The Labute approximate surface area is 180 Å². The number of Topliss-reactive ketones (excluding diaryl/α,β-unsaturated/α-hetero) is 1. The zero-order chi connectivity index (χ0) is 21.9. The molecule has 0 aromatic heterocycles. The Kier molecular flexibility index (Phi) is 4.26. The summed E-state index contributed by atoms with van der Waals surface area (Å²) < 4.78 is 0. The van der Waals surface area contributed by atoms with Crippen molar-refractivity contribution in [3.63, 3.8) is 0 Å². The fraction of sp³-hybridized carbons (Fsp3) is 0.269. The smallest absolute Gasteiger partial charge is 0.272 e. The predicted molar refractivity (Wildman–Crippen MR) is 123 cm³/mol. The first-order chi connectivity index (χ1) is 14.7. The molecule has 0 spiro atoms. The standard InChI is InChI=1S/C26H24N2O3/c1-15-8-9-17(12-21(15)28(30)31)25-24-19(13-26(2,3)14-22(24)29)23-18-7-5-4-6-16(18)10-11-20(23)27-25/h4-12,25,27H,13-14H2,1-3H3/t25-/m1/s1. The fourth-order valence-corrected chi connectivity index (χ4v) is 5.09. The van der Waals surface area contributed by atoms with Crippen LogP contribution < -0.4 is 5.32 Å². The van der Waals surface area contributed by atoms with Crippen molar-refractivity contribution < 1.29 is 9.72 Å². The molecule has 0 fully saturated rings. The first-order valence-electron chi connectivity index (χ1n) is 10.5. The monoisotopic (exact) mass is 412 g/mol. The summed E-state index contributed by atoms with van der Waals surface area (Å²) in [5, 5.41) is 17.3. The van der Waals surface area contributed by atoms with Crippen molar-refractivity contribution in [3.05, 3.63) is 87.0 Å². The number of benzene rings is 3. The molecule has 1 atom stereocenters. The molecule has 156 valence electrons. The lowest BCUT2D eigenvalue weighted by molar-refractivity contribution is -0.385. The fourth-order valence-electron chi connectivity index (χ4n) is 5.09. The van der Waals surface area contributed by atoms with E-state index in [2.05, 4.69) is 43.4 Å². The van der Waals surface area contributed by atoms with Crippen molar-refractivity contribution in [2.45, 2.75) is 39.7 Å². The number of carbonyl (C=O) groups excluding carboxylic acids is 1. The van der Waals surface area contributed by atoms with Gasteiger partial charge in [0.2, 0.25) is 0 Å². The molecule has 0 unspecified atom stereocenters. The average molecular weight is 412 g/mol. The molecule has 0 saturated heterocycles. The van der Waals surface area contributed by atoms with Gasteiger partial charge in [-0.05, 0) is 46.7 Å². The van der Waals surface area contributed by atoms with Gasteiger partial charge in [0, 0.05) is 34.9 Å². The van der Waals surface area contributed by atoms with Crippen LogP contribution in [0.4, 0.5) is 11.4 Å². The van der Waals surface area contributed by atoms with Crippen LogP contribution in [0.2, 0.25) is 0 Å². The number of fused-ring (bicyclic) bond motifs is 4. The van der Waals surface area contributed by atoms with E-state index in [1.165, 1.54) is 0 Å². The van der Waals surface area contributed by atoms with Gasteiger partial charge in [0.1, 0.15) is 0 Å². The summed E-state index contributed by atoms with van der Waals surface area (Å²) in [5.74, 6) is 0.116. The quantitative estimate of drug-likeness (QED) is 0.392. The molecule has 3 aromatic rings. The Morgan fingerprint density at radius 1 is 1.06 bits per heavy atom. The summed E-state index contributed by atoms with van der Waals surface area (Å²) in [5.41, 5.74) is 5.18. The van der Waals surface area contributed by atoms with Crippen LogP contribution >= 0.6 is 0 Å². The minimum Gasteiger partial charge on any atom is -0.373 e. The number of aryl methyl sites for hydroxylation is 1. The van der Waals surface area contributed by atoms with Crippen LogP contribution in [0, 0.1) is 22.5 Å². The van der Waals surface area contributed by atoms with E-state index in [1.54, 1.807) is 19.1 Å². The number of ketones is 1. The van der Waals surface area contributed by atoms with Crippen molar-refractivity contribution >= 4 is 33.5 Å². The summed E-state index contributed by atoms with van der Waals surface area (Å²) in [7, 11) is 0. The molecule has 1 aliphatic heterocycles. The molecular formula is C26H24N2O3. The van der Waals surface area contributed by atoms with Gasteiger partial charge < -0.3 is 5.32 Å². The Balaban J connectivity index is 1.78. The van der Waals surface area contributed by atoms with Gasteiger partial charge in [-0.15, -0.1) is 0 Å². The van der Waals surface area contributed by atoms with Gasteiger partial charge in [0.15, 0.2) is 5.78 Å². The molecule has 1 N–H and O–H groups in total. The third-order valence-corrected chi connectivity index (χ3v) is 6.50. The molecule has 3 aromatic carbocycles. The molecule has 31 heavy (non-hydrogen) atoms. The summed E-state index contributed by atoms with van der Waals surface area (Å²) >= 11 is 0. The van der Waals surface area contributed by atoms with Gasteiger partial charge in [-0.2, -0.15) is 0 Å². The van der Waals surface area contributed by atoms with E-state index in [-0.39, 0.29) is 21.8 Å². The highest BCUT2D eigenvalue weighted by atomic mass is 16.6. The van der Waals surface area contributed by atoms with Gasteiger partial charge in [-0.1, -0.05) is 56.3 Å². The van der Waals surface area contributed by atoms with E-state index in [4.69, 9.17) is 0 Å². The molecular weight excluding hydrogens is 388 g/mol. The molecule has 0 saturated carbocycles. The van der Waals surface area contributed by atoms with Gasteiger partial charge in [-0.3, -0.25) is 14.9 Å². The van der Waals surface area contributed by atoms with Crippen LogP contribution in [0.5, 0.6) is 0 Å². The second-order valence-electron chi connectivity index (χ2n) is 9.42. The normalized spacial score (nSPS) is 19.6. The van der Waals surface area contributed by atoms with Crippen molar-refractivity contribution in [3.8, 4) is 0 Å². The summed E-state index contributed by atoms with van der Waals surface area (Å²) in [6, 6.07) is 17.2. The van der Waals surface area contributed by atoms with E-state index in [9.17, 15) is 14.9 Å². The molecule has 1 aliphatic carbocycles. The van der Waals surface area contributed by atoms with E-state index >= 15 is 0 Å². The van der Waals surface area contributed by atoms with Gasteiger partial charge in [0.25, 0.3) is 5.69 Å². The molecule has 1 heterocycles. The van der Waals surface area contributed by atoms with Crippen molar-refractivity contribution in [1.29, 1.82) is 0 Å².